The summed E-state index contributed by atoms with van der Waals surface area (Å²) < 4.78 is 39.9. The number of carbonyl (C=O) groups is 1. The fourth-order valence-electron chi connectivity index (χ4n) is 2.63. The molecule has 0 aliphatic rings. The van der Waals surface area contributed by atoms with Crippen molar-refractivity contribution in [2.45, 2.75) is 26.3 Å². The third kappa shape index (κ3) is 4.94. The monoisotopic (exact) mass is 490 g/mol. The van der Waals surface area contributed by atoms with Gasteiger partial charge in [0.1, 0.15) is 11.9 Å². The van der Waals surface area contributed by atoms with Crippen LogP contribution in [0.15, 0.2) is 42.5 Å². The van der Waals surface area contributed by atoms with Crippen molar-refractivity contribution in [1.82, 2.24) is 0 Å². The summed E-state index contributed by atoms with van der Waals surface area (Å²) in [6.07, 6.45) is 1.29. The highest BCUT2D eigenvalue weighted by Crippen LogP contribution is 2.24. The first-order valence-electron chi connectivity index (χ1n) is 7.95. The van der Waals surface area contributed by atoms with E-state index in [2.05, 4.69) is 27.9 Å². The topological polar surface area (TPSA) is 66.5 Å². The van der Waals surface area contributed by atoms with Gasteiger partial charge in [-0.1, -0.05) is 6.92 Å². The van der Waals surface area contributed by atoms with E-state index in [4.69, 9.17) is 0 Å². The molecule has 0 radical (unpaired) electrons. The SMILES string of the molecule is CC[C@H](C(=O)Nc1ccc(I)cc1C)N(c1ccc(F)cc1)S(C)(=O)=O. The molecule has 0 unspecified atom stereocenters. The van der Waals surface area contributed by atoms with E-state index >= 15 is 0 Å². The molecule has 0 fully saturated rings. The molecule has 1 N–H and O–H groups in total. The molecule has 2 aromatic rings. The van der Waals surface area contributed by atoms with E-state index in [9.17, 15) is 17.6 Å². The molecule has 140 valence electrons. The van der Waals surface area contributed by atoms with E-state index in [1.54, 1.807) is 13.0 Å². The van der Waals surface area contributed by atoms with Gasteiger partial charge in [0.2, 0.25) is 15.9 Å². The molecule has 0 bridgehead atoms. The zero-order chi connectivity index (χ0) is 19.5. The lowest BCUT2D eigenvalue weighted by Crippen LogP contribution is -2.47. The van der Waals surface area contributed by atoms with Crippen molar-refractivity contribution < 1.29 is 17.6 Å². The number of nitrogens with zero attached hydrogens (tertiary/aromatic N) is 1. The van der Waals surface area contributed by atoms with E-state index in [0.717, 1.165) is 19.7 Å². The third-order valence-corrected chi connectivity index (χ3v) is 5.71. The fraction of sp³-hybridized carbons (Fsp3) is 0.278. The molecule has 0 aromatic heterocycles. The van der Waals surface area contributed by atoms with Gasteiger partial charge >= 0.3 is 0 Å². The molecule has 0 aliphatic carbocycles. The first kappa shape index (κ1) is 20.6. The molecular weight excluding hydrogens is 470 g/mol. The fourth-order valence-corrected chi connectivity index (χ4v) is 4.49. The summed E-state index contributed by atoms with van der Waals surface area (Å²) in [6, 6.07) is 9.65. The Bertz CT molecular complexity index is 901. The summed E-state index contributed by atoms with van der Waals surface area (Å²) in [5, 5.41) is 2.80. The maximum absolute atomic E-state index is 13.2. The van der Waals surface area contributed by atoms with Crippen molar-refractivity contribution in [1.29, 1.82) is 0 Å². The molecule has 0 saturated heterocycles. The predicted octanol–water partition coefficient (Wildman–Crippen LogP) is 3.92. The van der Waals surface area contributed by atoms with Crippen molar-refractivity contribution in [2.75, 3.05) is 15.9 Å². The lowest BCUT2D eigenvalue weighted by molar-refractivity contribution is -0.117. The van der Waals surface area contributed by atoms with Crippen LogP contribution in [0.4, 0.5) is 15.8 Å². The molecular formula is C18H20FIN2O3S. The number of hydrogen-bond donors (Lipinski definition) is 1. The molecule has 5 nitrogen and oxygen atoms in total. The molecule has 8 heteroatoms. The molecule has 1 amide bonds. The Morgan fingerprint density at radius 1 is 1.23 bits per heavy atom. The van der Waals surface area contributed by atoms with Gasteiger partial charge in [0, 0.05) is 9.26 Å². The Morgan fingerprint density at radius 3 is 2.35 bits per heavy atom. The van der Waals surface area contributed by atoms with Gasteiger partial charge in [0.15, 0.2) is 0 Å². The van der Waals surface area contributed by atoms with Crippen molar-refractivity contribution >= 4 is 49.9 Å². The summed E-state index contributed by atoms with van der Waals surface area (Å²) in [6.45, 7) is 3.60. The summed E-state index contributed by atoms with van der Waals surface area (Å²) in [5.41, 5.74) is 1.75. The number of nitrogens with one attached hydrogen (secondary N) is 1. The Morgan fingerprint density at radius 2 is 1.85 bits per heavy atom. The Kier molecular flexibility index (Phi) is 6.62. The Labute approximate surface area is 166 Å². The number of benzene rings is 2. The number of halogens is 2. The molecule has 2 rings (SSSR count). The maximum atomic E-state index is 13.2. The highest BCUT2D eigenvalue weighted by atomic mass is 127. The van der Waals surface area contributed by atoms with Crippen LogP contribution in [-0.4, -0.2) is 26.6 Å². The van der Waals surface area contributed by atoms with Crippen LogP contribution >= 0.6 is 22.6 Å². The average Bonchev–Trinajstić information content (AvgIpc) is 2.55. The summed E-state index contributed by atoms with van der Waals surface area (Å²) in [5.74, 6) is -0.916. The van der Waals surface area contributed by atoms with Crippen LogP contribution in [0.25, 0.3) is 0 Å². The first-order chi connectivity index (χ1) is 12.1. The van der Waals surface area contributed by atoms with Gasteiger partial charge in [-0.15, -0.1) is 0 Å². The average molecular weight is 490 g/mol. The van der Waals surface area contributed by atoms with Crippen LogP contribution in [0.2, 0.25) is 0 Å². The summed E-state index contributed by atoms with van der Waals surface area (Å²) in [7, 11) is -3.75. The molecule has 0 saturated carbocycles. The molecule has 1 atom stereocenters. The molecule has 26 heavy (non-hydrogen) atoms. The zero-order valence-corrected chi connectivity index (χ0v) is 17.6. The van der Waals surface area contributed by atoms with Gasteiger partial charge in [-0.3, -0.25) is 9.10 Å². The largest absolute Gasteiger partial charge is 0.324 e. The number of rotatable bonds is 6. The predicted molar refractivity (Wildman–Crippen MR) is 110 cm³/mol. The highest BCUT2D eigenvalue weighted by molar-refractivity contribution is 14.1. The van der Waals surface area contributed by atoms with Gasteiger partial charge < -0.3 is 5.32 Å². The van der Waals surface area contributed by atoms with Gasteiger partial charge in [-0.05, 0) is 84.0 Å². The highest BCUT2D eigenvalue weighted by Gasteiger charge is 2.31. The van der Waals surface area contributed by atoms with Crippen LogP contribution in [0, 0.1) is 16.3 Å². The first-order valence-corrected chi connectivity index (χ1v) is 10.9. The van der Waals surface area contributed by atoms with Crippen molar-refractivity contribution in [3.63, 3.8) is 0 Å². The number of hydrogen-bond acceptors (Lipinski definition) is 3. The van der Waals surface area contributed by atoms with Crippen LogP contribution < -0.4 is 9.62 Å². The lowest BCUT2D eigenvalue weighted by Gasteiger charge is -2.30. The second-order valence-electron chi connectivity index (χ2n) is 5.91. The standard InChI is InChI=1S/C18H20FIN2O3S/c1-4-17(18(23)21-16-10-7-14(20)11-12(16)2)22(26(3,24)25)15-8-5-13(19)6-9-15/h5-11,17H,4H2,1-3H3,(H,21,23)/t17-/m1/s1. The van der Waals surface area contributed by atoms with E-state index in [1.807, 2.05) is 19.1 Å². The van der Waals surface area contributed by atoms with Gasteiger partial charge in [-0.2, -0.15) is 0 Å². The molecule has 0 aliphatic heterocycles. The van der Waals surface area contributed by atoms with E-state index in [-0.39, 0.29) is 12.1 Å². The minimum absolute atomic E-state index is 0.246. The van der Waals surface area contributed by atoms with Gasteiger partial charge in [0.25, 0.3) is 0 Å². The number of aryl methyl sites for hydroxylation is 1. The van der Waals surface area contributed by atoms with Crippen molar-refractivity contribution in [3.05, 3.63) is 57.4 Å². The second kappa shape index (κ2) is 8.34. The number of carbonyl (C=O) groups excluding carboxylic acids is 1. The Balaban J connectivity index is 2.38. The number of anilines is 2. The van der Waals surface area contributed by atoms with Crippen LogP contribution in [-0.2, 0) is 14.8 Å². The Hall–Kier alpha value is -1.68. The van der Waals surface area contributed by atoms with Crippen molar-refractivity contribution in [2.24, 2.45) is 0 Å². The molecule has 0 heterocycles. The smallest absolute Gasteiger partial charge is 0.248 e. The van der Waals surface area contributed by atoms with E-state index < -0.39 is 27.8 Å². The minimum atomic E-state index is -3.75. The van der Waals surface area contributed by atoms with Gasteiger partial charge in [-0.25, -0.2) is 12.8 Å². The zero-order valence-electron chi connectivity index (χ0n) is 14.7. The van der Waals surface area contributed by atoms with Crippen LogP contribution in [0.3, 0.4) is 0 Å². The summed E-state index contributed by atoms with van der Waals surface area (Å²) in [4.78, 5) is 12.8. The van der Waals surface area contributed by atoms with Crippen LogP contribution in [0.5, 0.6) is 0 Å². The molecule has 0 spiro atoms. The quantitative estimate of drug-likeness (QED) is 0.625. The lowest BCUT2D eigenvalue weighted by atomic mass is 10.1. The second-order valence-corrected chi connectivity index (χ2v) is 9.01. The number of amides is 1. The van der Waals surface area contributed by atoms with Crippen molar-refractivity contribution in [3.8, 4) is 0 Å². The molecule has 2 aromatic carbocycles. The number of sulfonamides is 1. The van der Waals surface area contributed by atoms with E-state index in [1.165, 1.54) is 24.3 Å². The van der Waals surface area contributed by atoms with E-state index in [0.29, 0.717) is 5.69 Å². The maximum Gasteiger partial charge on any atom is 0.248 e. The summed E-state index contributed by atoms with van der Waals surface area (Å²) >= 11 is 2.18. The third-order valence-electron chi connectivity index (χ3n) is 3.86. The normalized spacial score (nSPS) is 12.5. The van der Waals surface area contributed by atoms with Gasteiger partial charge in [0.05, 0.1) is 11.9 Å². The minimum Gasteiger partial charge on any atom is -0.324 e. The van der Waals surface area contributed by atoms with Crippen LogP contribution in [0.1, 0.15) is 18.9 Å².